The highest BCUT2D eigenvalue weighted by molar-refractivity contribution is 6.07. The Kier molecular flexibility index (Phi) is 5.56. The Bertz CT molecular complexity index is 1910. The summed E-state index contributed by atoms with van der Waals surface area (Å²) in [7, 11) is 0. The second-order valence-corrected chi connectivity index (χ2v) is 10.1. The van der Waals surface area contributed by atoms with Crippen molar-refractivity contribution in [3.8, 4) is 39.2 Å². The molecule has 0 amide bonds. The van der Waals surface area contributed by atoms with Crippen LogP contribution in [0.15, 0.2) is 128 Å². The molecule has 0 aliphatic heterocycles. The lowest BCUT2D eigenvalue weighted by atomic mass is 9.91. The molecule has 39 heavy (non-hydrogen) atoms. The van der Waals surface area contributed by atoms with Gasteiger partial charge in [0.15, 0.2) is 0 Å². The molecule has 3 aromatic heterocycles. The Labute approximate surface area is 228 Å². The highest BCUT2D eigenvalue weighted by atomic mass is 15.0. The van der Waals surface area contributed by atoms with E-state index in [4.69, 9.17) is 9.97 Å². The summed E-state index contributed by atoms with van der Waals surface area (Å²) in [6, 6.07) is 40.7. The first-order chi connectivity index (χ1) is 19.2. The van der Waals surface area contributed by atoms with Crippen LogP contribution >= 0.6 is 0 Å². The molecule has 3 heterocycles. The summed E-state index contributed by atoms with van der Waals surface area (Å²) in [5.74, 6) is 0. The maximum Gasteiger partial charge on any atom is 0.145 e. The summed E-state index contributed by atoms with van der Waals surface area (Å²) in [5, 5.41) is 2.36. The van der Waals surface area contributed by atoms with Crippen molar-refractivity contribution in [1.29, 1.82) is 0 Å². The summed E-state index contributed by atoms with van der Waals surface area (Å²) in [4.78, 5) is 9.53. The first kappa shape index (κ1) is 23.1. The molecule has 0 aliphatic carbocycles. The molecular weight excluding hydrogens is 474 g/mol. The molecule has 0 saturated carbocycles. The number of aromatic nitrogens is 3. The number of aryl methyl sites for hydroxylation is 2. The minimum Gasteiger partial charge on any atom is -0.294 e. The van der Waals surface area contributed by atoms with Gasteiger partial charge in [0, 0.05) is 34.4 Å². The molecule has 0 N–H and O–H groups in total. The predicted octanol–water partition coefficient (Wildman–Crippen LogP) is 9.19. The van der Waals surface area contributed by atoms with Crippen LogP contribution in [0.3, 0.4) is 0 Å². The number of rotatable bonds is 4. The van der Waals surface area contributed by atoms with Crippen LogP contribution in [0.5, 0.6) is 0 Å². The SMILES string of the molecule is Cc1cc(-c2ccccc2)cc(C)c1-c1ccnc(-c2cccc(-n3c4ccccc4c4cccnc43)c2)c1. The first-order valence-corrected chi connectivity index (χ1v) is 13.3. The summed E-state index contributed by atoms with van der Waals surface area (Å²) in [6.07, 6.45) is 3.78. The molecule has 0 radical (unpaired) electrons. The van der Waals surface area contributed by atoms with Crippen LogP contribution in [0, 0.1) is 13.8 Å². The Balaban J connectivity index is 1.32. The number of hydrogen-bond acceptors (Lipinski definition) is 2. The van der Waals surface area contributed by atoms with E-state index in [-0.39, 0.29) is 0 Å². The van der Waals surface area contributed by atoms with Gasteiger partial charge in [-0.05, 0) is 89.7 Å². The van der Waals surface area contributed by atoms with Crippen LogP contribution in [0.1, 0.15) is 11.1 Å². The highest BCUT2D eigenvalue weighted by Crippen LogP contribution is 2.35. The van der Waals surface area contributed by atoms with Gasteiger partial charge in [0.05, 0.1) is 11.2 Å². The molecule has 3 heteroatoms. The average molecular weight is 502 g/mol. The molecule has 0 atom stereocenters. The maximum absolute atomic E-state index is 4.78. The molecule has 7 rings (SSSR count). The van der Waals surface area contributed by atoms with Crippen molar-refractivity contribution in [3.63, 3.8) is 0 Å². The molecule has 0 spiro atoms. The lowest BCUT2D eigenvalue weighted by Crippen LogP contribution is -1.96. The standard InChI is InChI=1S/C36H27N3/c1-24-20-29(26-10-4-3-5-11-26)21-25(2)35(24)28-17-19-37-33(23-28)27-12-8-13-30(22-27)39-34-16-7-6-14-31(34)32-15-9-18-38-36(32)39/h3-23H,1-2H3. The largest absolute Gasteiger partial charge is 0.294 e. The van der Waals surface area contributed by atoms with Gasteiger partial charge in [-0.15, -0.1) is 0 Å². The maximum atomic E-state index is 4.78. The van der Waals surface area contributed by atoms with E-state index in [2.05, 4.69) is 128 Å². The molecule has 186 valence electrons. The van der Waals surface area contributed by atoms with Gasteiger partial charge in [0.2, 0.25) is 0 Å². The third kappa shape index (κ3) is 4.00. The smallest absolute Gasteiger partial charge is 0.145 e. The van der Waals surface area contributed by atoms with E-state index < -0.39 is 0 Å². The molecule has 7 aromatic rings. The molecule has 0 unspecified atom stereocenters. The first-order valence-electron chi connectivity index (χ1n) is 13.3. The van der Waals surface area contributed by atoms with Gasteiger partial charge in [0.25, 0.3) is 0 Å². The summed E-state index contributed by atoms with van der Waals surface area (Å²) >= 11 is 0. The van der Waals surface area contributed by atoms with Crippen LogP contribution in [0.4, 0.5) is 0 Å². The predicted molar refractivity (Wildman–Crippen MR) is 162 cm³/mol. The van der Waals surface area contributed by atoms with Gasteiger partial charge in [-0.2, -0.15) is 0 Å². The van der Waals surface area contributed by atoms with Gasteiger partial charge in [0.1, 0.15) is 5.65 Å². The second kappa shape index (κ2) is 9.38. The van der Waals surface area contributed by atoms with Gasteiger partial charge in [-0.3, -0.25) is 9.55 Å². The molecule has 0 bridgehead atoms. The quantitative estimate of drug-likeness (QED) is 0.241. The second-order valence-electron chi connectivity index (χ2n) is 10.1. The van der Waals surface area contributed by atoms with Crippen molar-refractivity contribution < 1.29 is 0 Å². The zero-order chi connectivity index (χ0) is 26.3. The van der Waals surface area contributed by atoms with Crippen LogP contribution in [0.25, 0.3) is 61.1 Å². The van der Waals surface area contributed by atoms with Crippen molar-refractivity contribution in [1.82, 2.24) is 14.5 Å². The fraction of sp³-hybridized carbons (Fsp3) is 0.0556. The van der Waals surface area contributed by atoms with E-state index in [9.17, 15) is 0 Å². The number of nitrogens with zero attached hydrogens (tertiary/aromatic N) is 3. The van der Waals surface area contributed by atoms with Gasteiger partial charge in [-0.1, -0.05) is 72.8 Å². The number of para-hydroxylation sites is 1. The number of benzene rings is 4. The molecule has 0 aliphatic rings. The molecule has 0 saturated heterocycles. The Morgan fingerprint density at radius 2 is 1.26 bits per heavy atom. The molecule has 3 nitrogen and oxygen atoms in total. The van der Waals surface area contributed by atoms with Crippen molar-refractivity contribution in [3.05, 3.63) is 139 Å². The van der Waals surface area contributed by atoms with Crippen LogP contribution < -0.4 is 0 Å². The summed E-state index contributed by atoms with van der Waals surface area (Å²) in [5.41, 5.74) is 12.7. The average Bonchev–Trinajstić information content (AvgIpc) is 3.32. The van der Waals surface area contributed by atoms with E-state index in [0.717, 1.165) is 33.5 Å². The van der Waals surface area contributed by atoms with E-state index >= 15 is 0 Å². The van der Waals surface area contributed by atoms with Gasteiger partial charge >= 0.3 is 0 Å². The van der Waals surface area contributed by atoms with Crippen molar-refractivity contribution in [2.75, 3.05) is 0 Å². The Hall–Kier alpha value is -5.02. The van der Waals surface area contributed by atoms with E-state index in [1.807, 2.05) is 18.5 Å². The normalized spacial score (nSPS) is 11.3. The fourth-order valence-electron chi connectivity index (χ4n) is 5.82. The van der Waals surface area contributed by atoms with E-state index in [0.29, 0.717) is 0 Å². The minimum absolute atomic E-state index is 0.953. The minimum atomic E-state index is 0.953. The monoisotopic (exact) mass is 501 g/mol. The van der Waals surface area contributed by atoms with Crippen LogP contribution in [-0.2, 0) is 0 Å². The Morgan fingerprint density at radius 3 is 2.10 bits per heavy atom. The zero-order valence-corrected chi connectivity index (χ0v) is 22.0. The van der Waals surface area contributed by atoms with Crippen LogP contribution in [-0.4, -0.2) is 14.5 Å². The lowest BCUT2D eigenvalue weighted by molar-refractivity contribution is 1.13. The summed E-state index contributed by atoms with van der Waals surface area (Å²) < 4.78 is 2.24. The number of pyridine rings is 2. The van der Waals surface area contributed by atoms with Gasteiger partial charge < -0.3 is 0 Å². The molecule has 0 fully saturated rings. The third-order valence-electron chi connectivity index (χ3n) is 7.52. The number of hydrogen-bond donors (Lipinski definition) is 0. The summed E-state index contributed by atoms with van der Waals surface area (Å²) in [6.45, 7) is 4.40. The van der Waals surface area contributed by atoms with Crippen molar-refractivity contribution in [2.45, 2.75) is 13.8 Å². The number of fused-ring (bicyclic) bond motifs is 3. The highest BCUT2D eigenvalue weighted by Gasteiger charge is 2.14. The zero-order valence-electron chi connectivity index (χ0n) is 22.0. The lowest BCUT2D eigenvalue weighted by Gasteiger charge is -2.15. The van der Waals surface area contributed by atoms with E-state index in [1.165, 1.54) is 38.8 Å². The topological polar surface area (TPSA) is 30.7 Å². The molecule has 4 aromatic carbocycles. The van der Waals surface area contributed by atoms with Crippen molar-refractivity contribution >= 4 is 21.9 Å². The van der Waals surface area contributed by atoms with Crippen molar-refractivity contribution in [2.24, 2.45) is 0 Å². The Morgan fingerprint density at radius 1 is 0.513 bits per heavy atom. The van der Waals surface area contributed by atoms with Crippen LogP contribution in [0.2, 0.25) is 0 Å². The fourth-order valence-corrected chi connectivity index (χ4v) is 5.82. The van der Waals surface area contributed by atoms with E-state index in [1.54, 1.807) is 0 Å². The van der Waals surface area contributed by atoms with Gasteiger partial charge in [-0.25, -0.2) is 4.98 Å². The third-order valence-corrected chi connectivity index (χ3v) is 7.52. The molecular formula is C36H27N3.